The number of aromatic nitrogens is 4. The summed E-state index contributed by atoms with van der Waals surface area (Å²) in [4.78, 5) is 26.6. The third-order valence-corrected chi connectivity index (χ3v) is 9.51. The molecule has 0 saturated heterocycles. The van der Waals surface area contributed by atoms with Crippen molar-refractivity contribution >= 4 is 22.9 Å². The standard InChI is InChI=1S/C31H27FN6O3/c1-33-29(40)30-14-20(30)23-25(31(23,41)28(30)39)38-15-34-24-26(35-21-13-19(21)17-7-3-2-4-8-17)36-22(37-27(24)38)11-10-16-6-5-9-18(32)12-16/h2-9,12,15,19-21,23,25,28,39,41H,13-14H2,1H3,(H,33,40)(H,35,36,37)/t19?,20?,21?,23-,25?,28+,30?,31+/m0/s1. The molecule has 5 unspecified atom stereocenters. The van der Waals surface area contributed by atoms with E-state index in [1.165, 1.54) is 17.7 Å². The first-order valence-electron chi connectivity index (χ1n) is 13.8. The zero-order valence-corrected chi connectivity index (χ0v) is 22.1. The Morgan fingerprint density at radius 1 is 1.15 bits per heavy atom. The van der Waals surface area contributed by atoms with Crippen molar-refractivity contribution < 1.29 is 19.4 Å². The third kappa shape index (κ3) is 3.42. The number of hydrogen-bond donors (Lipinski definition) is 4. The molecule has 41 heavy (non-hydrogen) atoms. The van der Waals surface area contributed by atoms with Crippen LogP contribution in [-0.4, -0.2) is 60.4 Å². The van der Waals surface area contributed by atoms with Gasteiger partial charge in [0.2, 0.25) is 11.7 Å². The van der Waals surface area contributed by atoms with Crippen molar-refractivity contribution in [2.24, 2.45) is 17.3 Å². The maximum absolute atomic E-state index is 13.7. The van der Waals surface area contributed by atoms with Gasteiger partial charge in [0.1, 0.15) is 11.4 Å². The molecule has 2 aromatic carbocycles. The van der Waals surface area contributed by atoms with Crippen LogP contribution in [0.4, 0.5) is 10.2 Å². The number of fused-ring (bicyclic) bond motifs is 4. The Hall–Kier alpha value is -4.33. The lowest BCUT2D eigenvalue weighted by molar-refractivity contribution is -0.134. The lowest BCUT2D eigenvalue weighted by Gasteiger charge is -2.25. The molecule has 0 bridgehead atoms. The van der Waals surface area contributed by atoms with Gasteiger partial charge in [0.25, 0.3) is 0 Å². The summed E-state index contributed by atoms with van der Waals surface area (Å²) in [5.41, 5.74) is 0.396. The average Bonchev–Trinajstić information content (AvgIpc) is 3.93. The van der Waals surface area contributed by atoms with E-state index in [-0.39, 0.29) is 35.4 Å². The fourth-order valence-corrected chi connectivity index (χ4v) is 7.35. The van der Waals surface area contributed by atoms with Gasteiger partial charge in [0, 0.05) is 30.5 Å². The molecule has 8 rings (SSSR count). The molecule has 206 valence electrons. The van der Waals surface area contributed by atoms with E-state index in [9.17, 15) is 19.4 Å². The highest BCUT2D eigenvalue weighted by molar-refractivity contribution is 5.89. The van der Waals surface area contributed by atoms with Crippen LogP contribution in [0.15, 0.2) is 60.9 Å². The van der Waals surface area contributed by atoms with Crippen LogP contribution in [0.2, 0.25) is 0 Å². The zero-order chi connectivity index (χ0) is 28.1. The van der Waals surface area contributed by atoms with Crippen molar-refractivity contribution in [3.8, 4) is 11.8 Å². The first-order valence-corrected chi connectivity index (χ1v) is 13.8. The van der Waals surface area contributed by atoms with Crippen molar-refractivity contribution in [2.45, 2.75) is 42.5 Å². The molecular weight excluding hydrogens is 523 g/mol. The average molecular weight is 551 g/mol. The van der Waals surface area contributed by atoms with E-state index < -0.39 is 23.2 Å². The van der Waals surface area contributed by atoms with Crippen molar-refractivity contribution in [3.63, 3.8) is 0 Å². The number of amides is 1. The van der Waals surface area contributed by atoms with Gasteiger partial charge in [-0.1, -0.05) is 42.3 Å². The van der Waals surface area contributed by atoms with Gasteiger partial charge in [-0.3, -0.25) is 4.79 Å². The number of nitrogens with zero attached hydrogens (tertiary/aromatic N) is 4. The fraction of sp³-hybridized carbons (Fsp3) is 0.355. The van der Waals surface area contributed by atoms with E-state index in [1.54, 1.807) is 30.1 Å². The zero-order valence-electron chi connectivity index (χ0n) is 22.1. The summed E-state index contributed by atoms with van der Waals surface area (Å²) in [5, 5.41) is 28.9. The number of aliphatic hydroxyl groups excluding tert-OH is 1. The van der Waals surface area contributed by atoms with E-state index in [4.69, 9.17) is 4.98 Å². The van der Waals surface area contributed by atoms with E-state index in [2.05, 4.69) is 44.6 Å². The van der Waals surface area contributed by atoms with E-state index in [1.807, 2.05) is 18.2 Å². The van der Waals surface area contributed by atoms with Crippen LogP contribution in [-0.2, 0) is 4.79 Å². The molecule has 4 aliphatic rings. The summed E-state index contributed by atoms with van der Waals surface area (Å²) >= 11 is 0. The predicted molar refractivity (Wildman–Crippen MR) is 147 cm³/mol. The van der Waals surface area contributed by atoms with Gasteiger partial charge in [-0.15, -0.1) is 0 Å². The molecule has 4 aliphatic carbocycles. The smallest absolute Gasteiger partial charge is 0.229 e. The Balaban J connectivity index is 1.17. The first kappa shape index (κ1) is 24.5. The Morgan fingerprint density at radius 3 is 2.71 bits per heavy atom. The van der Waals surface area contributed by atoms with Crippen LogP contribution in [0, 0.1) is 34.9 Å². The van der Waals surface area contributed by atoms with Crippen LogP contribution in [0.3, 0.4) is 0 Å². The second-order valence-corrected chi connectivity index (χ2v) is 11.7. The lowest BCUT2D eigenvalue weighted by Crippen LogP contribution is -2.45. The number of carbonyl (C=O) groups excluding carboxylic acids is 1. The topological polar surface area (TPSA) is 125 Å². The first-order chi connectivity index (χ1) is 19.9. The number of carbonyl (C=O) groups is 1. The van der Waals surface area contributed by atoms with Crippen molar-refractivity contribution in [1.82, 2.24) is 24.8 Å². The van der Waals surface area contributed by atoms with Crippen LogP contribution >= 0.6 is 0 Å². The molecule has 2 aromatic heterocycles. The second kappa shape index (κ2) is 8.35. The summed E-state index contributed by atoms with van der Waals surface area (Å²) in [6.45, 7) is 0. The third-order valence-electron chi connectivity index (χ3n) is 9.51. The molecule has 0 aliphatic heterocycles. The predicted octanol–water partition coefficient (Wildman–Crippen LogP) is 2.36. The normalized spacial score (nSPS) is 33.8. The summed E-state index contributed by atoms with van der Waals surface area (Å²) in [5.74, 6) is 6.00. The number of aliphatic hydroxyl groups is 2. The van der Waals surface area contributed by atoms with Gasteiger partial charge in [0.05, 0.1) is 23.9 Å². The number of hydrogen-bond acceptors (Lipinski definition) is 7. The lowest BCUT2D eigenvalue weighted by atomic mass is 9.93. The minimum Gasteiger partial charge on any atom is -0.389 e. The number of rotatable bonds is 5. The van der Waals surface area contributed by atoms with Crippen molar-refractivity contribution in [1.29, 1.82) is 0 Å². The van der Waals surface area contributed by atoms with Gasteiger partial charge in [-0.2, -0.15) is 0 Å². The van der Waals surface area contributed by atoms with E-state index >= 15 is 0 Å². The molecule has 0 radical (unpaired) electrons. The number of anilines is 1. The molecule has 4 aromatic rings. The number of halogens is 1. The fourth-order valence-electron chi connectivity index (χ4n) is 7.35. The van der Waals surface area contributed by atoms with Crippen molar-refractivity contribution in [3.05, 3.63) is 83.7 Å². The van der Waals surface area contributed by atoms with Gasteiger partial charge >= 0.3 is 0 Å². The molecule has 4 fully saturated rings. The summed E-state index contributed by atoms with van der Waals surface area (Å²) in [6.07, 6.45) is 1.92. The second-order valence-electron chi connectivity index (χ2n) is 11.7. The van der Waals surface area contributed by atoms with Crippen LogP contribution in [0.1, 0.15) is 41.8 Å². The Labute approximate surface area is 234 Å². The summed E-state index contributed by atoms with van der Waals surface area (Å²) in [7, 11) is 1.55. The minimum atomic E-state index is -1.44. The highest BCUT2D eigenvalue weighted by Gasteiger charge is 2.91. The van der Waals surface area contributed by atoms with Crippen LogP contribution in [0.5, 0.6) is 0 Å². The minimum absolute atomic E-state index is 0.116. The number of benzene rings is 2. The van der Waals surface area contributed by atoms with Crippen LogP contribution < -0.4 is 10.6 Å². The van der Waals surface area contributed by atoms with Crippen LogP contribution in [0.25, 0.3) is 11.2 Å². The Morgan fingerprint density at radius 2 is 1.98 bits per heavy atom. The van der Waals surface area contributed by atoms with Gasteiger partial charge in [-0.05, 0) is 48.4 Å². The monoisotopic (exact) mass is 550 g/mol. The summed E-state index contributed by atoms with van der Waals surface area (Å²) in [6, 6.07) is 16.0. The molecule has 1 amide bonds. The highest BCUT2D eigenvalue weighted by Crippen LogP contribution is 2.82. The van der Waals surface area contributed by atoms with E-state index in [0.29, 0.717) is 34.9 Å². The Bertz CT molecular complexity index is 1800. The maximum Gasteiger partial charge on any atom is 0.229 e. The molecule has 9 nitrogen and oxygen atoms in total. The van der Waals surface area contributed by atoms with E-state index in [0.717, 1.165) is 6.42 Å². The molecule has 4 saturated carbocycles. The van der Waals surface area contributed by atoms with Crippen molar-refractivity contribution in [2.75, 3.05) is 12.4 Å². The quantitative estimate of drug-likeness (QED) is 0.281. The van der Waals surface area contributed by atoms with Gasteiger partial charge < -0.3 is 25.4 Å². The maximum atomic E-state index is 13.7. The van der Waals surface area contributed by atoms with Gasteiger partial charge in [0.15, 0.2) is 17.0 Å². The largest absolute Gasteiger partial charge is 0.389 e. The Kier molecular flexibility index (Phi) is 4.98. The number of nitrogens with one attached hydrogen (secondary N) is 2. The molecular formula is C31H27FN6O3. The molecule has 2 heterocycles. The molecule has 10 heteroatoms. The van der Waals surface area contributed by atoms with Gasteiger partial charge in [-0.25, -0.2) is 19.3 Å². The summed E-state index contributed by atoms with van der Waals surface area (Å²) < 4.78 is 15.5. The highest BCUT2D eigenvalue weighted by atomic mass is 19.1. The molecule has 0 spiro atoms. The number of imidazole rings is 1. The SMILES string of the molecule is CNC(=O)C12CC1[C@H]1C(n3cnc4c(NC5CC5c5ccccc5)nc(C#Cc5cccc(F)c5)nc43)[C@@]1(O)[C@@H]2O. The molecule has 8 atom stereocenters. The molecule has 4 N–H and O–H groups in total.